The molecule has 0 fully saturated rings. The zero-order chi connectivity index (χ0) is 14.4. The highest BCUT2D eigenvalue weighted by Gasteiger charge is 2.11. The number of rotatable bonds is 5. The highest BCUT2D eigenvalue weighted by Crippen LogP contribution is 2.34. The van der Waals surface area contributed by atoms with Crippen molar-refractivity contribution >= 4 is 0 Å². The Morgan fingerprint density at radius 3 is 2.50 bits per heavy atom. The maximum absolute atomic E-state index is 9.17. The van der Waals surface area contributed by atoms with Crippen molar-refractivity contribution in [1.29, 1.82) is 5.26 Å². The highest BCUT2D eigenvalue weighted by molar-refractivity contribution is 5.52. The van der Waals surface area contributed by atoms with E-state index in [1.165, 1.54) is 0 Å². The minimum atomic E-state index is 0.523. The predicted octanol–water partition coefficient (Wildman–Crippen LogP) is 4.45. The lowest BCUT2D eigenvalue weighted by molar-refractivity contribution is 0.302. The molecule has 0 spiro atoms. The van der Waals surface area contributed by atoms with E-state index in [4.69, 9.17) is 9.47 Å². The van der Waals surface area contributed by atoms with Crippen LogP contribution >= 0.6 is 0 Å². The van der Waals surface area contributed by atoms with Crippen LogP contribution in [-0.2, 0) is 0 Å². The Morgan fingerprint density at radius 1 is 1.05 bits per heavy atom. The van der Waals surface area contributed by atoms with Crippen molar-refractivity contribution in [2.45, 2.75) is 20.3 Å². The van der Waals surface area contributed by atoms with Crippen molar-refractivity contribution in [3.8, 4) is 23.3 Å². The summed E-state index contributed by atoms with van der Waals surface area (Å²) in [5, 5.41) is 9.17. The molecular formula is C17H17NO2. The third-order valence-electron chi connectivity index (χ3n) is 2.86. The van der Waals surface area contributed by atoms with Gasteiger partial charge in [0.2, 0.25) is 0 Å². The van der Waals surface area contributed by atoms with Crippen LogP contribution in [0.2, 0.25) is 0 Å². The normalized spacial score (nSPS) is 9.85. The SMILES string of the molecule is CCCOc1ccccc1Oc1c(C)cccc1C#N. The van der Waals surface area contributed by atoms with Gasteiger partial charge < -0.3 is 9.47 Å². The number of hydrogen-bond acceptors (Lipinski definition) is 3. The summed E-state index contributed by atoms with van der Waals surface area (Å²) in [5.41, 5.74) is 1.45. The molecule has 0 aliphatic rings. The molecule has 0 saturated carbocycles. The molecule has 2 rings (SSSR count). The first-order valence-electron chi connectivity index (χ1n) is 6.65. The maximum atomic E-state index is 9.17. The lowest BCUT2D eigenvalue weighted by Crippen LogP contribution is -1.98. The number of nitriles is 1. The van der Waals surface area contributed by atoms with Crippen LogP contribution in [-0.4, -0.2) is 6.61 Å². The Hall–Kier alpha value is -2.47. The summed E-state index contributed by atoms with van der Waals surface area (Å²) in [5.74, 6) is 1.91. The summed E-state index contributed by atoms with van der Waals surface area (Å²) in [4.78, 5) is 0. The molecule has 0 radical (unpaired) electrons. The van der Waals surface area contributed by atoms with E-state index in [-0.39, 0.29) is 0 Å². The van der Waals surface area contributed by atoms with Gasteiger partial charge in [0.1, 0.15) is 11.8 Å². The van der Waals surface area contributed by atoms with Gasteiger partial charge in [0.15, 0.2) is 11.5 Å². The van der Waals surface area contributed by atoms with Gasteiger partial charge in [-0.15, -0.1) is 0 Å². The Bertz CT molecular complexity index is 629. The average Bonchev–Trinajstić information content (AvgIpc) is 2.48. The standard InChI is InChI=1S/C17H17NO2/c1-3-11-19-15-9-4-5-10-16(15)20-17-13(2)7-6-8-14(17)12-18/h4-10H,3,11H2,1-2H3. The monoisotopic (exact) mass is 267 g/mol. The third kappa shape index (κ3) is 3.10. The third-order valence-corrected chi connectivity index (χ3v) is 2.86. The van der Waals surface area contributed by atoms with E-state index < -0.39 is 0 Å². The molecule has 20 heavy (non-hydrogen) atoms. The van der Waals surface area contributed by atoms with E-state index >= 15 is 0 Å². The minimum Gasteiger partial charge on any atom is -0.490 e. The number of ether oxygens (including phenoxy) is 2. The number of hydrogen-bond donors (Lipinski definition) is 0. The lowest BCUT2D eigenvalue weighted by atomic mass is 10.1. The maximum Gasteiger partial charge on any atom is 0.169 e. The largest absolute Gasteiger partial charge is 0.490 e. The van der Waals surface area contributed by atoms with Gasteiger partial charge in [-0.3, -0.25) is 0 Å². The van der Waals surface area contributed by atoms with Gasteiger partial charge in [-0.05, 0) is 37.1 Å². The first-order valence-corrected chi connectivity index (χ1v) is 6.65. The summed E-state index contributed by atoms with van der Waals surface area (Å²) < 4.78 is 11.6. The smallest absolute Gasteiger partial charge is 0.169 e. The number of aryl methyl sites for hydroxylation is 1. The van der Waals surface area contributed by atoms with Crippen molar-refractivity contribution in [3.05, 3.63) is 53.6 Å². The average molecular weight is 267 g/mol. The topological polar surface area (TPSA) is 42.2 Å². The fourth-order valence-corrected chi connectivity index (χ4v) is 1.85. The quantitative estimate of drug-likeness (QED) is 0.803. The molecule has 0 heterocycles. The van der Waals surface area contributed by atoms with Crippen molar-refractivity contribution in [2.24, 2.45) is 0 Å². The number of para-hydroxylation sites is 3. The summed E-state index contributed by atoms with van der Waals surface area (Å²) in [7, 11) is 0. The first kappa shape index (κ1) is 14.0. The molecule has 3 nitrogen and oxygen atoms in total. The second-order valence-electron chi connectivity index (χ2n) is 4.46. The summed E-state index contributed by atoms with van der Waals surface area (Å²) in [6.07, 6.45) is 0.933. The van der Waals surface area contributed by atoms with Crippen molar-refractivity contribution < 1.29 is 9.47 Å². The second-order valence-corrected chi connectivity index (χ2v) is 4.46. The molecule has 0 aromatic heterocycles. The van der Waals surface area contributed by atoms with E-state index in [0.29, 0.717) is 29.4 Å². The lowest BCUT2D eigenvalue weighted by Gasteiger charge is -2.14. The fraction of sp³-hybridized carbons (Fsp3) is 0.235. The molecule has 0 atom stereocenters. The molecular weight excluding hydrogens is 250 g/mol. The van der Waals surface area contributed by atoms with Crippen molar-refractivity contribution in [2.75, 3.05) is 6.61 Å². The zero-order valence-electron chi connectivity index (χ0n) is 11.7. The minimum absolute atomic E-state index is 0.523. The van der Waals surface area contributed by atoms with Crippen LogP contribution in [0.4, 0.5) is 0 Å². The van der Waals surface area contributed by atoms with Gasteiger partial charge in [0, 0.05) is 0 Å². The Balaban J connectivity index is 2.33. The van der Waals surface area contributed by atoms with Crippen LogP contribution in [0.5, 0.6) is 17.2 Å². The van der Waals surface area contributed by atoms with Crippen LogP contribution in [0.25, 0.3) is 0 Å². The van der Waals surface area contributed by atoms with E-state index in [2.05, 4.69) is 13.0 Å². The second kappa shape index (κ2) is 6.63. The van der Waals surface area contributed by atoms with E-state index in [9.17, 15) is 5.26 Å². The van der Waals surface area contributed by atoms with E-state index in [1.54, 1.807) is 6.07 Å². The predicted molar refractivity (Wildman–Crippen MR) is 78.2 cm³/mol. The van der Waals surface area contributed by atoms with Crippen molar-refractivity contribution in [1.82, 2.24) is 0 Å². The molecule has 0 N–H and O–H groups in total. The van der Waals surface area contributed by atoms with Gasteiger partial charge in [-0.25, -0.2) is 0 Å². The molecule has 0 saturated heterocycles. The molecule has 2 aromatic carbocycles. The van der Waals surface area contributed by atoms with Crippen LogP contribution in [0.3, 0.4) is 0 Å². The van der Waals surface area contributed by atoms with E-state index in [0.717, 1.165) is 12.0 Å². The Labute approximate surface area is 119 Å². The summed E-state index contributed by atoms with van der Waals surface area (Å²) in [6.45, 7) is 4.61. The zero-order valence-corrected chi connectivity index (χ0v) is 11.7. The van der Waals surface area contributed by atoms with Crippen LogP contribution in [0, 0.1) is 18.3 Å². The molecule has 0 unspecified atom stereocenters. The van der Waals surface area contributed by atoms with Gasteiger partial charge >= 0.3 is 0 Å². The molecule has 0 bridgehead atoms. The molecule has 102 valence electrons. The van der Waals surface area contributed by atoms with E-state index in [1.807, 2.05) is 43.3 Å². The molecule has 3 heteroatoms. The molecule has 0 aliphatic heterocycles. The van der Waals surface area contributed by atoms with Gasteiger partial charge in [-0.1, -0.05) is 31.2 Å². The van der Waals surface area contributed by atoms with Crippen LogP contribution in [0.15, 0.2) is 42.5 Å². The van der Waals surface area contributed by atoms with Gasteiger partial charge in [-0.2, -0.15) is 5.26 Å². The molecule has 0 aliphatic carbocycles. The Kier molecular flexibility index (Phi) is 4.62. The van der Waals surface area contributed by atoms with Crippen LogP contribution < -0.4 is 9.47 Å². The summed E-state index contributed by atoms with van der Waals surface area (Å²) in [6, 6.07) is 15.2. The summed E-state index contributed by atoms with van der Waals surface area (Å²) >= 11 is 0. The number of nitrogens with zero attached hydrogens (tertiary/aromatic N) is 1. The Morgan fingerprint density at radius 2 is 1.80 bits per heavy atom. The molecule has 0 amide bonds. The van der Waals surface area contributed by atoms with Crippen LogP contribution in [0.1, 0.15) is 24.5 Å². The fourth-order valence-electron chi connectivity index (χ4n) is 1.85. The van der Waals surface area contributed by atoms with Gasteiger partial charge in [0.25, 0.3) is 0 Å². The first-order chi connectivity index (χ1) is 9.76. The van der Waals surface area contributed by atoms with Gasteiger partial charge in [0.05, 0.1) is 12.2 Å². The highest BCUT2D eigenvalue weighted by atomic mass is 16.5. The molecule has 2 aromatic rings. The van der Waals surface area contributed by atoms with Crippen molar-refractivity contribution in [3.63, 3.8) is 0 Å². The number of benzene rings is 2.